The lowest BCUT2D eigenvalue weighted by atomic mass is 10.1. The van der Waals surface area contributed by atoms with Gasteiger partial charge in [0.15, 0.2) is 0 Å². The molecule has 0 aliphatic carbocycles. The van der Waals surface area contributed by atoms with Crippen molar-refractivity contribution >= 4 is 5.91 Å². The Morgan fingerprint density at radius 2 is 2.30 bits per heavy atom. The van der Waals surface area contributed by atoms with E-state index in [9.17, 15) is 9.90 Å². The fourth-order valence-electron chi connectivity index (χ4n) is 1.77. The van der Waals surface area contributed by atoms with Crippen molar-refractivity contribution < 1.29 is 14.6 Å². The maximum Gasteiger partial charge on any atom is 0.304 e. The smallest absolute Gasteiger partial charge is 0.304 e. The molecule has 0 saturated carbocycles. The average molecular weight is 277 g/mol. The van der Waals surface area contributed by atoms with Crippen molar-refractivity contribution in [3.05, 3.63) is 42.0 Å². The molecule has 2 rings (SSSR count). The van der Waals surface area contributed by atoms with E-state index in [0.717, 1.165) is 0 Å². The number of para-hydroxylation sites is 1. The van der Waals surface area contributed by atoms with Crippen molar-refractivity contribution in [2.75, 3.05) is 7.11 Å². The summed E-state index contributed by atoms with van der Waals surface area (Å²) in [5, 5.41) is 14.1. The van der Waals surface area contributed by atoms with Crippen LogP contribution in [0.15, 0.2) is 30.6 Å². The monoisotopic (exact) mass is 277 g/mol. The summed E-state index contributed by atoms with van der Waals surface area (Å²) in [6, 6.07) is 7.13. The van der Waals surface area contributed by atoms with Crippen LogP contribution in [0.2, 0.25) is 0 Å². The van der Waals surface area contributed by atoms with E-state index < -0.39 is 12.0 Å². The number of ether oxygens (including phenoxy) is 1. The molecule has 0 fully saturated rings. The lowest BCUT2D eigenvalue weighted by Gasteiger charge is -2.14. The zero-order valence-electron chi connectivity index (χ0n) is 10.9. The van der Waals surface area contributed by atoms with Crippen molar-refractivity contribution in [2.24, 2.45) is 5.84 Å². The van der Waals surface area contributed by atoms with Gasteiger partial charge in [0.25, 0.3) is 0 Å². The van der Waals surface area contributed by atoms with E-state index in [1.807, 2.05) is 11.5 Å². The van der Waals surface area contributed by atoms with Crippen LogP contribution in [-0.2, 0) is 6.54 Å². The molecule has 1 aromatic carbocycles. The highest BCUT2D eigenvalue weighted by molar-refractivity contribution is 5.89. The Labute approximate surface area is 115 Å². The first kappa shape index (κ1) is 14.0. The van der Waals surface area contributed by atoms with Crippen molar-refractivity contribution in [3.8, 4) is 5.75 Å². The number of benzene rings is 1. The van der Waals surface area contributed by atoms with Gasteiger partial charge >= 0.3 is 5.91 Å². The number of hydrogen-bond donors (Lipinski definition) is 3. The molecular weight excluding hydrogens is 262 g/mol. The number of amides is 1. The first-order valence-corrected chi connectivity index (χ1v) is 5.87. The van der Waals surface area contributed by atoms with E-state index in [1.165, 1.54) is 18.1 Å². The van der Waals surface area contributed by atoms with Gasteiger partial charge in [-0.05, 0) is 6.07 Å². The number of carbonyl (C=O) groups is 1. The summed E-state index contributed by atoms with van der Waals surface area (Å²) in [6.45, 7) is 0.144. The molecule has 0 saturated heterocycles. The van der Waals surface area contributed by atoms with Gasteiger partial charge in [-0.2, -0.15) is 0 Å². The fraction of sp³-hybridized carbons (Fsp3) is 0.250. The minimum atomic E-state index is -0.832. The molecule has 1 atom stereocenters. The Morgan fingerprint density at radius 1 is 1.55 bits per heavy atom. The number of nitrogen functional groups attached to an aromatic ring is 1. The number of nitrogens with one attached hydrogen (secondary N) is 1. The van der Waals surface area contributed by atoms with Gasteiger partial charge in [0, 0.05) is 5.56 Å². The van der Waals surface area contributed by atoms with Crippen molar-refractivity contribution in [2.45, 2.75) is 12.6 Å². The highest BCUT2D eigenvalue weighted by Gasteiger charge is 2.15. The normalized spacial score (nSPS) is 11.9. The van der Waals surface area contributed by atoms with E-state index in [0.29, 0.717) is 11.3 Å². The topological polar surface area (TPSA) is 115 Å². The van der Waals surface area contributed by atoms with Gasteiger partial charge in [-0.15, -0.1) is 5.10 Å². The third-order valence-electron chi connectivity index (χ3n) is 2.73. The van der Waals surface area contributed by atoms with Crippen molar-refractivity contribution in [1.82, 2.24) is 20.2 Å². The second-order valence-corrected chi connectivity index (χ2v) is 4.02. The molecule has 0 aliphatic rings. The summed E-state index contributed by atoms with van der Waals surface area (Å²) in [6.07, 6.45) is 0.519. The van der Waals surface area contributed by atoms with E-state index in [4.69, 9.17) is 10.6 Å². The van der Waals surface area contributed by atoms with Crippen LogP contribution in [0.1, 0.15) is 22.3 Å². The number of rotatable bonds is 5. The second-order valence-electron chi connectivity index (χ2n) is 4.02. The largest absolute Gasteiger partial charge is 0.496 e. The Balaban J connectivity index is 2.13. The number of nitrogens with zero attached hydrogens (tertiary/aromatic N) is 3. The summed E-state index contributed by atoms with van der Waals surface area (Å²) in [5.74, 6) is 4.93. The van der Waals surface area contributed by atoms with Crippen LogP contribution in [0.3, 0.4) is 0 Å². The molecule has 8 heteroatoms. The molecule has 8 nitrogen and oxygen atoms in total. The average Bonchev–Trinajstić information content (AvgIpc) is 2.94. The van der Waals surface area contributed by atoms with Gasteiger partial charge in [-0.3, -0.25) is 10.2 Å². The van der Waals surface area contributed by atoms with Crippen molar-refractivity contribution in [3.63, 3.8) is 0 Å². The molecule has 106 valence electrons. The van der Waals surface area contributed by atoms with Crippen LogP contribution < -0.4 is 16.0 Å². The summed E-state index contributed by atoms with van der Waals surface area (Å²) in [4.78, 5) is 15.0. The van der Waals surface area contributed by atoms with Gasteiger partial charge < -0.3 is 9.84 Å². The highest BCUT2D eigenvalue weighted by Crippen LogP contribution is 2.25. The molecule has 0 bridgehead atoms. The highest BCUT2D eigenvalue weighted by atomic mass is 16.5. The number of hydrogen-bond acceptors (Lipinski definition) is 6. The molecule has 0 radical (unpaired) electrons. The number of carbonyl (C=O) groups excluding carboxylic acids is 1. The number of methoxy groups -OCH3 is 1. The van der Waals surface area contributed by atoms with Crippen LogP contribution in [0.25, 0.3) is 0 Å². The van der Waals surface area contributed by atoms with Crippen LogP contribution >= 0.6 is 0 Å². The van der Waals surface area contributed by atoms with Crippen LogP contribution in [0.4, 0.5) is 0 Å². The number of hydrazine groups is 1. The Morgan fingerprint density at radius 3 is 3.00 bits per heavy atom. The number of aliphatic hydroxyl groups is 1. The van der Waals surface area contributed by atoms with E-state index in [-0.39, 0.29) is 12.4 Å². The van der Waals surface area contributed by atoms with E-state index >= 15 is 0 Å². The molecule has 0 spiro atoms. The van der Waals surface area contributed by atoms with E-state index in [2.05, 4.69) is 10.1 Å². The third-order valence-corrected chi connectivity index (χ3v) is 2.73. The Hall–Kier alpha value is -2.45. The summed E-state index contributed by atoms with van der Waals surface area (Å²) >= 11 is 0. The molecule has 1 aromatic heterocycles. The Kier molecular flexibility index (Phi) is 4.28. The minimum absolute atomic E-state index is 0.0558. The zero-order valence-corrected chi connectivity index (χ0v) is 10.9. The first-order valence-electron chi connectivity index (χ1n) is 5.87. The summed E-state index contributed by atoms with van der Waals surface area (Å²) in [7, 11) is 1.53. The number of nitrogens with two attached hydrogens (primary N) is 1. The molecular formula is C12H15N5O3. The predicted octanol–water partition coefficient (Wildman–Crippen LogP) is -0.376. The standard InChI is InChI=1S/C12H15N5O3/c1-20-10-5-3-2-4-8(10)9(18)6-17-7-14-11(16-17)12(19)15-13/h2-5,7,9,18H,6,13H2,1H3,(H,15,19). The quantitative estimate of drug-likeness (QED) is 0.390. The van der Waals surface area contributed by atoms with E-state index in [1.54, 1.807) is 18.2 Å². The molecule has 20 heavy (non-hydrogen) atoms. The maximum atomic E-state index is 11.2. The number of aliphatic hydroxyl groups excluding tert-OH is 1. The van der Waals surface area contributed by atoms with Crippen LogP contribution in [0.5, 0.6) is 5.75 Å². The predicted molar refractivity (Wildman–Crippen MR) is 69.6 cm³/mol. The van der Waals surface area contributed by atoms with Gasteiger partial charge in [0.05, 0.1) is 13.7 Å². The minimum Gasteiger partial charge on any atom is -0.496 e. The van der Waals surface area contributed by atoms with Gasteiger partial charge in [-0.1, -0.05) is 18.2 Å². The molecule has 1 amide bonds. The Bertz CT molecular complexity index is 598. The lowest BCUT2D eigenvalue weighted by Crippen LogP contribution is -2.31. The zero-order chi connectivity index (χ0) is 14.5. The SMILES string of the molecule is COc1ccccc1C(O)Cn1cnc(C(=O)NN)n1. The first-order chi connectivity index (χ1) is 9.65. The molecule has 1 unspecified atom stereocenters. The van der Waals surface area contributed by atoms with Gasteiger partial charge in [-0.25, -0.2) is 15.5 Å². The van der Waals surface area contributed by atoms with Crippen molar-refractivity contribution in [1.29, 1.82) is 0 Å². The second kappa shape index (κ2) is 6.13. The van der Waals surface area contributed by atoms with Crippen LogP contribution in [0, 0.1) is 0 Å². The fourth-order valence-corrected chi connectivity index (χ4v) is 1.77. The summed E-state index contributed by atoms with van der Waals surface area (Å²) in [5.41, 5.74) is 2.57. The molecule has 0 aliphatic heterocycles. The van der Waals surface area contributed by atoms with Gasteiger partial charge in [0.1, 0.15) is 18.2 Å². The maximum absolute atomic E-state index is 11.2. The molecule has 1 heterocycles. The third kappa shape index (κ3) is 2.92. The molecule has 4 N–H and O–H groups in total. The summed E-state index contributed by atoms with van der Waals surface area (Å²) < 4.78 is 6.54. The van der Waals surface area contributed by atoms with Crippen LogP contribution in [-0.4, -0.2) is 32.9 Å². The molecule has 2 aromatic rings. The van der Waals surface area contributed by atoms with Gasteiger partial charge in [0.2, 0.25) is 5.82 Å². The lowest BCUT2D eigenvalue weighted by molar-refractivity contribution is 0.0941. The number of aromatic nitrogens is 3.